The molecule has 3 nitrogen and oxygen atoms in total. The fraction of sp³-hybridized carbons (Fsp3) is 0.941. The van der Waals surface area contributed by atoms with E-state index in [-0.39, 0.29) is 0 Å². The molecule has 1 rings (SSSR count). The topological polar surface area (TPSA) is 39.1 Å². The molecular formula is C17H33N3. The lowest BCUT2D eigenvalue weighted by Gasteiger charge is -2.33. The van der Waals surface area contributed by atoms with Crippen LogP contribution in [0, 0.1) is 22.7 Å². The van der Waals surface area contributed by atoms with Gasteiger partial charge in [-0.1, -0.05) is 20.8 Å². The number of hydrogen-bond donors (Lipinski definition) is 1. The van der Waals surface area contributed by atoms with E-state index in [9.17, 15) is 5.26 Å². The molecule has 2 unspecified atom stereocenters. The van der Waals surface area contributed by atoms with Crippen molar-refractivity contribution in [2.24, 2.45) is 11.3 Å². The number of nitrogens with one attached hydrogen (secondary N) is 1. The molecule has 0 aromatic rings. The minimum atomic E-state index is -0.435. The summed E-state index contributed by atoms with van der Waals surface area (Å²) in [6.45, 7) is 16.4. The molecule has 20 heavy (non-hydrogen) atoms. The molecule has 0 aromatic carbocycles. The van der Waals surface area contributed by atoms with Gasteiger partial charge in [0.15, 0.2) is 0 Å². The normalized spacial score (nSPS) is 25.0. The van der Waals surface area contributed by atoms with E-state index in [4.69, 9.17) is 0 Å². The van der Waals surface area contributed by atoms with Crippen LogP contribution in [-0.2, 0) is 0 Å². The van der Waals surface area contributed by atoms with Crippen molar-refractivity contribution in [1.82, 2.24) is 10.2 Å². The zero-order valence-corrected chi connectivity index (χ0v) is 14.3. The minimum absolute atomic E-state index is 0.342. The lowest BCUT2D eigenvalue weighted by atomic mass is 9.77. The van der Waals surface area contributed by atoms with Crippen molar-refractivity contribution in [2.45, 2.75) is 72.4 Å². The van der Waals surface area contributed by atoms with Crippen molar-refractivity contribution >= 4 is 0 Å². The van der Waals surface area contributed by atoms with Gasteiger partial charge in [0.25, 0.3) is 0 Å². The van der Waals surface area contributed by atoms with Gasteiger partial charge in [-0.2, -0.15) is 5.26 Å². The molecule has 1 aliphatic heterocycles. The van der Waals surface area contributed by atoms with E-state index in [1.807, 2.05) is 6.92 Å². The van der Waals surface area contributed by atoms with Crippen molar-refractivity contribution < 1.29 is 0 Å². The van der Waals surface area contributed by atoms with Crippen LogP contribution in [0.15, 0.2) is 0 Å². The van der Waals surface area contributed by atoms with E-state index in [2.05, 4.69) is 50.9 Å². The van der Waals surface area contributed by atoms with Gasteiger partial charge in [-0.15, -0.1) is 0 Å². The number of nitriles is 1. The van der Waals surface area contributed by atoms with Crippen molar-refractivity contribution in [3.8, 4) is 6.07 Å². The van der Waals surface area contributed by atoms with Crippen LogP contribution < -0.4 is 5.32 Å². The highest BCUT2D eigenvalue weighted by Crippen LogP contribution is 2.34. The van der Waals surface area contributed by atoms with Crippen LogP contribution in [0.3, 0.4) is 0 Å². The van der Waals surface area contributed by atoms with Gasteiger partial charge in [-0.25, -0.2) is 0 Å². The van der Waals surface area contributed by atoms with Gasteiger partial charge >= 0.3 is 0 Å². The summed E-state index contributed by atoms with van der Waals surface area (Å²) in [6, 6.07) is 2.81. The standard InChI is InChI=1S/C17H33N3/c1-14(2)19-17(6,12-18)13-20-10-7-8-15(9-11-20)16(3,4)5/h14-15,19H,7-11,13H2,1-6H3. The van der Waals surface area contributed by atoms with Crippen LogP contribution in [0.2, 0.25) is 0 Å². The molecule has 0 amide bonds. The second-order valence-electron chi connectivity index (χ2n) is 8.01. The fourth-order valence-electron chi connectivity index (χ4n) is 3.38. The molecule has 0 saturated carbocycles. The molecule has 1 fully saturated rings. The summed E-state index contributed by atoms with van der Waals surface area (Å²) < 4.78 is 0. The Labute approximate surface area is 125 Å². The molecule has 1 N–H and O–H groups in total. The Hall–Kier alpha value is -0.590. The Morgan fingerprint density at radius 1 is 1.20 bits per heavy atom. The fourth-order valence-corrected chi connectivity index (χ4v) is 3.38. The van der Waals surface area contributed by atoms with Crippen molar-refractivity contribution in [1.29, 1.82) is 5.26 Å². The van der Waals surface area contributed by atoms with Crippen LogP contribution in [0.1, 0.15) is 60.8 Å². The number of nitrogens with zero attached hydrogens (tertiary/aromatic N) is 2. The highest BCUT2D eigenvalue weighted by atomic mass is 15.2. The SMILES string of the molecule is CC(C)NC(C)(C#N)CN1CCCC(C(C)(C)C)CC1. The predicted octanol–water partition coefficient (Wildman–Crippen LogP) is 3.41. The van der Waals surface area contributed by atoms with Crippen LogP contribution in [-0.4, -0.2) is 36.1 Å². The maximum Gasteiger partial charge on any atom is 0.116 e. The number of rotatable bonds is 4. The second-order valence-corrected chi connectivity index (χ2v) is 8.01. The van der Waals surface area contributed by atoms with E-state index in [1.165, 1.54) is 19.3 Å². The van der Waals surface area contributed by atoms with Gasteiger partial charge in [0.05, 0.1) is 6.07 Å². The summed E-state index contributed by atoms with van der Waals surface area (Å²) in [5.41, 5.74) is -0.0273. The summed E-state index contributed by atoms with van der Waals surface area (Å²) in [4.78, 5) is 2.48. The van der Waals surface area contributed by atoms with E-state index in [1.54, 1.807) is 0 Å². The van der Waals surface area contributed by atoms with Crippen LogP contribution >= 0.6 is 0 Å². The average Bonchev–Trinajstić information content (AvgIpc) is 2.52. The molecule has 116 valence electrons. The Kier molecular flexibility index (Phi) is 6.04. The molecule has 0 radical (unpaired) electrons. The average molecular weight is 279 g/mol. The Morgan fingerprint density at radius 2 is 1.85 bits per heavy atom. The first-order valence-electron chi connectivity index (χ1n) is 8.07. The quantitative estimate of drug-likeness (QED) is 0.857. The van der Waals surface area contributed by atoms with Gasteiger partial charge in [0.1, 0.15) is 5.54 Å². The van der Waals surface area contributed by atoms with Crippen molar-refractivity contribution in [3.05, 3.63) is 0 Å². The van der Waals surface area contributed by atoms with Gasteiger partial charge < -0.3 is 4.90 Å². The van der Waals surface area contributed by atoms with Crippen LogP contribution in [0.5, 0.6) is 0 Å². The molecule has 0 aliphatic carbocycles. The van der Waals surface area contributed by atoms with E-state index < -0.39 is 5.54 Å². The van der Waals surface area contributed by atoms with Crippen LogP contribution in [0.25, 0.3) is 0 Å². The lowest BCUT2D eigenvalue weighted by molar-refractivity contribution is 0.193. The Morgan fingerprint density at radius 3 is 2.35 bits per heavy atom. The number of likely N-dealkylation sites (tertiary alicyclic amines) is 1. The largest absolute Gasteiger partial charge is 0.300 e. The molecule has 1 heterocycles. The monoisotopic (exact) mass is 279 g/mol. The summed E-state index contributed by atoms with van der Waals surface area (Å²) in [7, 11) is 0. The van der Waals surface area contributed by atoms with E-state index >= 15 is 0 Å². The third kappa shape index (κ3) is 5.42. The van der Waals surface area contributed by atoms with Gasteiger partial charge in [0.2, 0.25) is 0 Å². The molecule has 0 aromatic heterocycles. The van der Waals surface area contributed by atoms with Gasteiger partial charge in [0, 0.05) is 12.6 Å². The lowest BCUT2D eigenvalue weighted by Crippen LogP contribution is -2.53. The molecule has 2 atom stereocenters. The van der Waals surface area contributed by atoms with Gasteiger partial charge in [-0.05, 0) is 64.5 Å². The highest BCUT2D eigenvalue weighted by molar-refractivity contribution is 5.06. The van der Waals surface area contributed by atoms with E-state index in [0.717, 1.165) is 25.6 Å². The summed E-state index contributed by atoms with van der Waals surface area (Å²) in [5.74, 6) is 0.805. The Balaban J connectivity index is 2.59. The highest BCUT2D eigenvalue weighted by Gasteiger charge is 2.31. The predicted molar refractivity (Wildman–Crippen MR) is 85.5 cm³/mol. The molecule has 0 spiro atoms. The molecule has 1 aliphatic rings. The zero-order chi connectivity index (χ0) is 15.4. The van der Waals surface area contributed by atoms with Crippen molar-refractivity contribution in [3.63, 3.8) is 0 Å². The summed E-state index contributed by atoms with van der Waals surface area (Å²) >= 11 is 0. The number of hydrogen-bond acceptors (Lipinski definition) is 3. The minimum Gasteiger partial charge on any atom is -0.300 e. The third-order valence-electron chi connectivity index (χ3n) is 4.44. The second kappa shape index (κ2) is 6.91. The first-order chi connectivity index (χ1) is 9.16. The first-order valence-corrected chi connectivity index (χ1v) is 8.07. The van der Waals surface area contributed by atoms with Gasteiger partial charge in [-0.3, -0.25) is 5.32 Å². The molecular weight excluding hydrogens is 246 g/mol. The first kappa shape index (κ1) is 17.5. The summed E-state index contributed by atoms with van der Waals surface area (Å²) in [6.07, 6.45) is 3.83. The molecule has 0 bridgehead atoms. The maximum absolute atomic E-state index is 9.48. The third-order valence-corrected chi connectivity index (χ3v) is 4.44. The zero-order valence-electron chi connectivity index (χ0n) is 14.3. The smallest absolute Gasteiger partial charge is 0.116 e. The van der Waals surface area contributed by atoms with E-state index in [0.29, 0.717) is 11.5 Å². The summed E-state index contributed by atoms with van der Waals surface area (Å²) in [5, 5.41) is 12.9. The molecule has 1 saturated heterocycles. The Bertz CT molecular complexity index is 337. The molecule has 3 heteroatoms. The van der Waals surface area contributed by atoms with Crippen LogP contribution in [0.4, 0.5) is 0 Å². The van der Waals surface area contributed by atoms with Crippen molar-refractivity contribution in [2.75, 3.05) is 19.6 Å². The maximum atomic E-state index is 9.48.